The molecule has 5 rings (SSSR count). The molecule has 4 aliphatic carbocycles. The third-order valence-corrected chi connectivity index (χ3v) is 6.44. The van der Waals surface area contributed by atoms with E-state index in [-0.39, 0.29) is 29.7 Å². The van der Waals surface area contributed by atoms with Crippen molar-refractivity contribution in [3.05, 3.63) is 24.2 Å². The fourth-order valence-corrected chi connectivity index (χ4v) is 5.74. The van der Waals surface area contributed by atoms with Crippen LogP contribution >= 0.6 is 0 Å². The number of esters is 1. The van der Waals surface area contributed by atoms with Crippen LogP contribution in [0.2, 0.25) is 0 Å². The van der Waals surface area contributed by atoms with Crippen LogP contribution < -0.4 is 5.32 Å². The monoisotopic (exact) mass is 331 g/mol. The zero-order valence-electron chi connectivity index (χ0n) is 14.1. The number of hydrogen-bond acceptors (Lipinski definition) is 4. The van der Waals surface area contributed by atoms with Crippen LogP contribution in [0.3, 0.4) is 0 Å². The summed E-state index contributed by atoms with van der Waals surface area (Å²) in [5.41, 5.74) is 0.259. The normalized spacial score (nSPS) is 34.8. The van der Waals surface area contributed by atoms with Crippen molar-refractivity contribution < 1.29 is 18.7 Å². The van der Waals surface area contributed by atoms with Crippen molar-refractivity contribution in [3.8, 4) is 0 Å². The first-order chi connectivity index (χ1) is 11.5. The van der Waals surface area contributed by atoms with E-state index < -0.39 is 5.97 Å². The molecule has 4 bridgehead atoms. The Morgan fingerprint density at radius 3 is 2.42 bits per heavy atom. The molecular weight excluding hydrogens is 306 g/mol. The minimum Gasteiger partial charge on any atom is -0.457 e. The van der Waals surface area contributed by atoms with Gasteiger partial charge in [0.2, 0.25) is 5.76 Å². The quantitative estimate of drug-likeness (QED) is 0.842. The number of carbonyl (C=O) groups is 2. The van der Waals surface area contributed by atoms with Crippen LogP contribution in [0, 0.1) is 23.2 Å². The molecule has 4 saturated carbocycles. The molecule has 1 N–H and O–H groups in total. The van der Waals surface area contributed by atoms with E-state index in [1.165, 1.54) is 50.9 Å². The standard InChI is InChI=1S/C19H25NO4/c1-12(19-8-13-5-14(9-19)7-15(6-13)10-19)20-17(21)11-24-18(22)16-3-2-4-23-16/h2-4,12-15H,5-11H2,1H3,(H,20,21)/t12-,13?,14?,15?,19?/m1/s1. The predicted octanol–water partition coefficient (Wildman–Crippen LogP) is 3.16. The summed E-state index contributed by atoms with van der Waals surface area (Å²) in [6.45, 7) is 1.87. The minimum absolute atomic E-state index is 0.122. The molecule has 4 fully saturated rings. The Balaban J connectivity index is 1.32. The molecule has 0 radical (unpaired) electrons. The lowest BCUT2D eigenvalue weighted by Crippen LogP contribution is -2.56. The first-order valence-electron chi connectivity index (χ1n) is 9.04. The lowest BCUT2D eigenvalue weighted by atomic mass is 9.48. The largest absolute Gasteiger partial charge is 0.457 e. The molecule has 5 heteroatoms. The Morgan fingerprint density at radius 2 is 1.88 bits per heavy atom. The molecule has 130 valence electrons. The van der Waals surface area contributed by atoms with Crippen LogP contribution in [0.15, 0.2) is 22.8 Å². The third-order valence-electron chi connectivity index (χ3n) is 6.44. The predicted molar refractivity (Wildman–Crippen MR) is 87.2 cm³/mol. The van der Waals surface area contributed by atoms with Crippen molar-refractivity contribution in [1.82, 2.24) is 5.32 Å². The molecule has 4 aliphatic rings. The van der Waals surface area contributed by atoms with Gasteiger partial charge in [0.1, 0.15) is 0 Å². The summed E-state index contributed by atoms with van der Waals surface area (Å²) >= 11 is 0. The second-order valence-electron chi connectivity index (χ2n) is 8.12. The van der Waals surface area contributed by atoms with E-state index in [9.17, 15) is 9.59 Å². The van der Waals surface area contributed by atoms with Gasteiger partial charge in [-0.15, -0.1) is 0 Å². The van der Waals surface area contributed by atoms with Crippen LogP contribution in [0.4, 0.5) is 0 Å². The summed E-state index contributed by atoms with van der Waals surface area (Å²) in [6, 6.07) is 3.28. The zero-order valence-corrected chi connectivity index (χ0v) is 14.1. The Kier molecular flexibility index (Phi) is 3.89. The number of ether oxygens (including phenoxy) is 1. The molecule has 1 heterocycles. The molecule has 1 atom stereocenters. The van der Waals surface area contributed by atoms with Gasteiger partial charge in [0.05, 0.1) is 6.26 Å². The maximum atomic E-state index is 12.2. The van der Waals surface area contributed by atoms with Crippen LogP contribution in [-0.2, 0) is 9.53 Å². The summed E-state index contributed by atoms with van der Waals surface area (Å²) < 4.78 is 9.99. The minimum atomic E-state index is -0.599. The van der Waals surface area contributed by atoms with Crippen LogP contribution in [0.1, 0.15) is 56.0 Å². The maximum absolute atomic E-state index is 12.2. The summed E-state index contributed by atoms with van der Waals surface area (Å²) in [5.74, 6) is 1.86. The smallest absolute Gasteiger partial charge is 0.374 e. The Hall–Kier alpha value is -1.78. The van der Waals surface area contributed by atoms with E-state index in [2.05, 4.69) is 12.2 Å². The number of hydrogen-bond donors (Lipinski definition) is 1. The van der Waals surface area contributed by atoms with E-state index in [1.807, 2.05) is 0 Å². The molecule has 0 spiro atoms. The molecule has 0 saturated heterocycles. The highest BCUT2D eigenvalue weighted by Crippen LogP contribution is 2.61. The second-order valence-corrected chi connectivity index (χ2v) is 8.12. The summed E-state index contributed by atoms with van der Waals surface area (Å²) in [5, 5.41) is 3.09. The van der Waals surface area contributed by atoms with E-state index >= 15 is 0 Å². The van der Waals surface area contributed by atoms with Gasteiger partial charge in [-0.3, -0.25) is 4.79 Å². The number of carbonyl (C=O) groups excluding carboxylic acids is 2. The van der Waals surface area contributed by atoms with Gasteiger partial charge in [0, 0.05) is 6.04 Å². The van der Waals surface area contributed by atoms with E-state index in [1.54, 1.807) is 6.07 Å². The Morgan fingerprint density at radius 1 is 1.25 bits per heavy atom. The number of furan rings is 1. The average Bonchev–Trinajstić information content (AvgIpc) is 3.05. The van der Waals surface area contributed by atoms with Gasteiger partial charge < -0.3 is 14.5 Å². The van der Waals surface area contributed by atoms with E-state index in [4.69, 9.17) is 9.15 Å². The fraction of sp³-hybridized carbons (Fsp3) is 0.684. The van der Waals surface area contributed by atoms with Gasteiger partial charge >= 0.3 is 5.97 Å². The number of amides is 1. The molecule has 0 aliphatic heterocycles. The highest BCUT2D eigenvalue weighted by Gasteiger charge is 2.53. The van der Waals surface area contributed by atoms with Gasteiger partial charge in [-0.2, -0.15) is 0 Å². The van der Waals surface area contributed by atoms with Crippen molar-refractivity contribution in [3.63, 3.8) is 0 Å². The molecule has 1 aromatic rings. The van der Waals surface area contributed by atoms with E-state index in [0.29, 0.717) is 0 Å². The summed E-state index contributed by atoms with van der Waals surface area (Å²) in [6.07, 6.45) is 9.31. The lowest BCUT2D eigenvalue weighted by molar-refractivity contribution is -0.128. The molecule has 24 heavy (non-hydrogen) atoms. The third kappa shape index (κ3) is 2.85. The van der Waals surface area contributed by atoms with Crippen LogP contribution in [0.5, 0.6) is 0 Å². The molecule has 1 amide bonds. The van der Waals surface area contributed by atoms with Gasteiger partial charge in [-0.05, 0) is 80.8 Å². The average molecular weight is 331 g/mol. The maximum Gasteiger partial charge on any atom is 0.374 e. The van der Waals surface area contributed by atoms with Gasteiger partial charge in [-0.25, -0.2) is 4.79 Å². The zero-order chi connectivity index (χ0) is 16.7. The van der Waals surface area contributed by atoms with Crippen LogP contribution in [-0.4, -0.2) is 24.5 Å². The molecule has 0 aromatic carbocycles. The Labute approximate surface area is 142 Å². The highest BCUT2D eigenvalue weighted by atomic mass is 16.5. The first-order valence-corrected chi connectivity index (χ1v) is 9.04. The molecule has 0 unspecified atom stereocenters. The highest BCUT2D eigenvalue weighted by molar-refractivity contribution is 5.88. The number of rotatable bonds is 5. The van der Waals surface area contributed by atoms with Crippen LogP contribution in [0.25, 0.3) is 0 Å². The Bertz CT molecular complexity index is 586. The lowest BCUT2D eigenvalue weighted by Gasteiger charge is -2.59. The fourth-order valence-electron chi connectivity index (χ4n) is 5.74. The van der Waals surface area contributed by atoms with Crippen molar-refractivity contribution in [2.45, 2.75) is 51.5 Å². The van der Waals surface area contributed by atoms with Gasteiger partial charge in [0.15, 0.2) is 6.61 Å². The molecular formula is C19H25NO4. The summed E-state index contributed by atoms with van der Waals surface area (Å²) in [4.78, 5) is 23.9. The van der Waals surface area contributed by atoms with Crippen molar-refractivity contribution in [2.75, 3.05) is 6.61 Å². The molecule has 5 nitrogen and oxygen atoms in total. The van der Waals surface area contributed by atoms with Gasteiger partial charge in [0.25, 0.3) is 5.91 Å². The van der Waals surface area contributed by atoms with Crippen molar-refractivity contribution in [2.24, 2.45) is 23.2 Å². The summed E-state index contributed by atoms with van der Waals surface area (Å²) in [7, 11) is 0. The topological polar surface area (TPSA) is 68.5 Å². The van der Waals surface area contributed by atoms with Gasteiger partial charge in [-0.1, -0.05) is 0 Å². The van der Waals surface area contributed by atoms with E-state index in [0.717, 1.165) is 17.8 Å². The SMILES string of the molecule is C[C@@H](NC(=O)COC(=O)c1ccco1)C12CC3CC(CC(C3)C1)C2. The second kappa shape index (κ2) is 5.94. The molecule has 1 aromatic heterocycles. The van der Waals surface area contributed by atoms with Crippen molar-refractivity contribution in [1.29, 1.82) is 0 Å². The van der Waals surface area contributed by atoms with Crippen molar-refractivity contribution >= 4 is 11.9 Å². The number of nitrogens with one attached hydrogen (secondary N) is 1. The first kappa shape index (κ1) is 15.7.